The van der Waals surface area contributed by atoms with E-state index in [1.807, 2.05) is 14.0 Å². The summed E-state index contributed by atoms with van der Waals surface area (Å²) in [6, 6.07) is 3.55. The van der Waals surface area contributed by atoms with Gasteiger partial charge in [0.25, 0.3) is 0 Å². The third-order valence-electron chi connectivity index (χ3n) is 4.65. The molecule has 3 nitrogen and oxygen atoms in total. The van der Waals surface area contributed by atoms with Gasteiger partial charge in [-0.1, -0.05) is 0 Å². The van der Waals surface area contributed by atoms with Gasteiger partial charge in [-0.15, -0.1) is 0 Å². The molecule has 5 heteroatoms. The summed E-state index contributed by atoms with van der Waals surface area (Å²) in [5.74, 6) is -0.714. The van der Waals surface area contributed by atoms with Crippen molar-refractivity contribution in [2.45, 2.75) is 19.4 Å². The van der Waals surface area contributed by atoms with Gasteiger partial charge in [0.15, 0.2) is 0 Å². The molecule has 1 heterocycles. The molecule has 22 heavy (non-hydrogen) atoms. The van der Waals surface area contributed by atoms with Gasteiger partial charge in [-0.3, -0.25) is 4.90 Å². The van der Waals surface area contributed by atoms with E-state index in [4.69, 9.17) is 0 Å². The van der Waals surface area contributed by atoms with E-state index in [1.54, 1.807) is 0 Å². The van der Waals surface area contributed by atoms with Crippen molar-refractivity contribution in [1.82, 2.24) is 14.7 Å². The molecule has 1 aromatic carbocycles. The molecule has 0 aromatic heterocycles. The molecule has 0 amide bonds. The smallest absolute Gasteiger partial charge is 0.128 e. The van der Waals surface area contributed by atoms with Crippen molar-refractivity contribution in [1.29, 1.82) is 0 Å². The molecule has 0 aliphatic carbocycles. The van der Waals surface area contributed by atoms with Crippen LogP contribution in [0.3, 0.4) is 0 Å². The maximum atomic E-state index is 13.8. The summed E-state index contributed by atoms with van der Waals surface area (Å²) >= 11 is 0. The van der Waals surface area contributed by atoms with Crippen molar-refractivity contribution in [2.24, 2.45) is 0 Å². The van der Waals surface area contributed by atoms with E-state index >= 15 is 0 Å². The number of rotatable bonds is 6. The van der Waals surface area contributed by atoms with Crippen LogP contribution in [0.1, 0.15) is 24.9 Å². The molecule has 1 fully saturated rings. The van der Waals surface area contributed by atoms with E-state index in [-0.39, 0.29) is 17.7 Å². The first-order valence-corrected chi connectivity index (χ1v) is 8.03. The predicted molar refractivity (Wildman–Crippen MR) is 86.0 cm³/mol. The molecular weight excluding hydrogens is 284 g/mol. The molecule has 0 spiro atoms. The Morgan fingerprint density at radius 1 is 1.18 bits per heavy atom. The van der Waals surface area contributed by atoms with Crippen LogP contribution in [-0.4, -0.2) is 68.1 Å². The Bertz CT molecular complexity index is 473. The van der Waals surface area contributed by atoms with Crippen LogP contribution in [-0.2, 0) is 0 Å². The van der Waals surface area contributed by atoms with Crippen molar-refractivity contribution in [3.63, 3.8) is 0 Å². The molecule has 0 bridgehead atoms. The minimum atomic E-state index is -0.380. The summed E-state index contributed by atoms with van der Waals surface area (Å²) in [5.41, 5.74) is 0.432. The van der Waals surface area contributed by atoms with Crippen molar-refractivity contribution >= 4 is 0 Å². The molecule has 0 unspecified atom stereocenters. The quantitative estimate of drug-likeness (QED) is 0.799. The first kappa shape index (κ1) is 17.3. The molecule has 1 atom stereocenters. The summed E-state index contributed by atoms with van der Waals surface area (Å²) in [4.78, 5) is 6.91. The summed E-state index contributed by atoms with van der Waals surface area (Å²) in [6.07, 6.45) is 1.04. The lowest BCUT2D eigenvalue weighted by molar-refractivity contribution is 0.144. The zero-order valence-corrected chi connectivity index (χ0v) is 13.9. The molecule has 1 aliphatic heterocycles. The average Bonchev–Trinajstić information content (AvgIpc) is 2.51. The van der Waals surface area contributed by atoms with Crippen LogP contribution in [0, 0.1) is 11.6 Å². The minimum Gasteiger partial charge on any atom is -0.304 e. The molecule has 1 saturated heterocycles. The summed E-state index contributed by atoms with van der Waals surface area (Å²) in [5, 5.41) is 0. The third-order valence-corrected chi connectivity index (χ3v) is 4.65. The van der Waals surface area contributed by atoms with E-state index in [0.717, 1.165) is 45.7 Å². The van der Waals surface area contributed by atoms with E-state index in [0.29, 0.717) is 5.56 Å². The number of nitrogens with zero attached hydrogens (tertiary/aromatic N) is 3. The van der Waals surface area contributed by atoms with Crippen LogP contribution < -0.4 is 0 Å². The number of hydrogen-bond donors (Lipinski definition) is 0. The maximum Gasteiger partial charge on any atom is 0.128 e. The topological polar surface area (TPSA) is 9.72 Å². The van der Waals surface area contributed by atoms with Crippen LogP contribution in [0.25, 0.3) is 0 Å². The van der Waals surface area contributed by atoms with Crippen LogP contribution >= 0.6 is 0 Å². The second-order valence-electron chi connectivity index (χ2n) is 6.32. The molecule has 2 rings (SSSR count). The van der Waals surface area contributed by atoms with E-state index in [1.165, 1.54) is 18.2 Å². The normalized spacial score (nSPS) is 18.8. The maximum absolute atomic E-state index is 13.8. The standard InChI is InChI=1S/C17H27F2N3/c1-14(16-13-15(18)5-6-17(16)19)21(3)7-4-8-22-11-9-20(2)10-12-22/h5-6,13-14H,4,7-12H2,1-3H3/t14-/m1/s1. The Kier molecular flexibility index (Phi) is 6.29. The summed E-state index contributed by atoms with van der Waals surface area (Å²) in [6.45, 7) is 8.36. The lowest BCUT2D eigenvalue weighted by Gasteiger charge is -2.33. The van der Waals surface area contributed by atoms with Crippen molar-refractivity contribution < 1.29 is 8.78 Å². The molecular formula is C17H27F2N3. The van der Waals surface area contributed by atoms with Crippen LogP contribution in [0.2, 0.25) is 0 Å². The Morgan fingerprint density at radius 2 is 1.86 bits per heavy atom. The van der Waals surface area contributed by atoms with E-state index < -0.39 is 0 Å². The first-order valence-electron chi connectivity index (χ1n) is 8.03. The molecule has 0 saturated carbocycles. The zero-order valence-electron chi connectivity index (χ0n) is 13.9. The minimum absolute atomic E-state index is 0.122. The number of halogens is 2. The monoisotopic (exact) mass is 311 g/mol. The first-order chi connectivity index (χ1) is 10.5. The number of piperazine rings is 1. The predicted octanol–water partition coefficient (Wildman–Crippen LogP) is 2.60. The second-order valence-corrected chi connectivity index (χ2v) is 6.32. The Morgan fingerprint density at radius 3 is 2.55 bits per heavy atom. The lowest BCUT2D eigenvalue weighted by Crippen LogP contribution is -2.45. The van der Waals surface area contributed by atoms with Gasteiger partial charge in [-0.25, -0.2) is 8.78 Å². The number of likely N-dealkylation sites (N-methyl/N-ethyl adjacent to an activating group) is 1. The van der Waals surface area contributed by atoms with Crippen molar-refractivity contribution in [3.05, 3.63) is 35.4 Å². The van der Waals surface area contributed by atoms with Gasteiger partial charge in [0.1, 0.15) is 11.6 Å². The third kappa shape index (κ3) is 4.73. The SMILES string of the molecule is C[C@H](c1cc(F)ccc1F)N(C)CCCN1CCN(C)CC1. The van der Waals surface area contributed by atoms with Gasteiger partial charge in [0, 0.05) is 37.8 Å². The largest absolute Gasteiger partial charge is 0.304 e. The van der Waals surface area contributed by atoms with Gasteiger partial charge in [-0.2, -0.15) is 0 Å². The zero-order chi connectivity index (χ0) is 16.1. The fraction of sp³-hybridized carbons (Fsp3) is 0.647. The van der Waals surface area contributed by atoms with Crippen molar-refractivity contribution in [3.8, 4) is 0 Å². The summed E-state index contributed by atoms with van der Waals surface area (Å²) < 4.78 is 27.1. The second kappa shape index (κ2) is 7.99. The van der Waals surface area contributed by atoms with Crippen molar-refractivity contribution in [2.75, 3.05) is 53.4 Å². The number of benzene rings is 1. The Balaban J connectivity index is 1.79. The highest BCUT2D eigenvalue weighted by atomic mass is 19.1. The lowest BCUT2D eigenvalue weighted by atomic mass is 10.1. The highest BCUT2D eigenvalue weighted by Crippen LogP contribution is 2.22. The molecule has 1 aliphatic rings. The Labute approximate surface area is 132 Å². The highest BCUT2D eigenvalue weighted by molar-refractivity contribution is 5.21. The van der Waals surface area contributed by atoms with Crippen LogP contribution in [0.15, 0.2) is 18.2 Å². The van der Waals surface area contributed by atoms with Gasteiger partial charge in [0.05, 0.1) is 0 Å². The van der Waals surface area contributed by atoms with Crippen LogP contribution in [0.5, 0.6) is 0 Å². The molecule has 0 radical (unpaired) electrons. The Hall–Kier alpha value is -1.04. The van der Waals surface area contributed by atoms with Gasteiger partial charge in [-0.05, 0) is 58.7 Å². The molecule has 124 valence electrons. The van der Waals surface area contributed by atoms with Gasteiger partial charge in [0.2, 0.25) is 0 Å². The van der Waals surface area contributed by atoms with Crippen LogP contribution in [0.4, 0.5) is 8.78 Å². The fourth-order valence-corrected chi connectivity index (χ4v) is 2.88. The average molecular weight is 311 g/mol. The fourth-order valence-electron chi connectivity index (χ4n) is 2.88. The molecule has 1 aromatic rings. The van der Waals surface area contributed by atoms with Gasteiger partial charge >= 0.3 is 0 Å². The van der Waals surface area contributed by atoms with Gasteiger partial charge < -0.3 is 9.80 Å². The van der Waals surface area contributed by atoms with E-state index in [9.17, 15) is 8.78 Å². The summed E-state index contributed by atoms with van der Waals surface area (Å²) in [7, 11) is 4.12. The highest BCUT2D eigenvalue weighted by Gasteiger charge is 2.17. The number of hydrogen-bond acceptors (Lipinski definition) is 3. The molecule has 0 N–H and O–H groups in total. The van der Waals surface area contributed by atoms with E-state index in [2.05, 4.69) is 21.7 Å².